The Bertz CT molecular complexity index is 677. The van der Waals surface area contributed by atoms with Crippen molar-refractivity contribution in [1.29, 1.82) is 0 Å². The van der Waals surface area contributed by atoms with Gasteiger partial charge in [0.15, 0.2) is 0 Å². The molecule has 2 saturated heterocycles. The Morgan fingerprint density at radius 2 is 1.91 bits per heavy atom. The molecule has 0 spiro atoms. The first-order chi connectivity index (χ1) is 11.2. The van der Waals surface area contributed by atoms with Gasteiger partial charge in [0.1, 0.15) is 0 Å². The molecule has 1 aromatic heterocycles. The van der Waals surface area contributed by atoms with Gasteiger partial charge in [0.25, 0.3) is 0 Å². The van der Waals surface area contributed by atoms with E-state index in [4.69, 9.17) is 11.6 Å². The van der Waals surface area contributed by atoms with Crippen LogP contribution >= 0.6 is 23.4 Å². The lowest BCUT2D eigenvalue weighted by atomic mass is 10.0. The second-order valence-electron chi connectivity index (χ2n) is 6.65. The van der Waals surface area contributed by atoms with E-state index in [0.29, 0.717) is 5.25 Å². The van der Waals surface area contributed by atoms with Gasteiger partial charge in [-0.2, -0.15) is 0 Å². The summed E-state index contributed by atoms with van der Waals surface area (Å²) in [5, 5.41) is 1.56. The fourth-order valence-corrected chi connectivity index (χ4v) is 5.58. The number of halogens is 1. The monoisotopic (exact) mass is 344 g/mol. The predicted octanol–water partition coefficient (Wildman–Crippen LogP) is 5.12. The topological polar surface area (TPSA) is 16.1 Å². The third-order valence-corrected chi connectivity index (χ3v) is 7.03. The minimum Gasteiger partial charge on any atom is -0.300 e. The van der Waals surface area contributed by atoms with E-state index in [9.17, 15) is 0 Å². The lowest BCUT2D eigenvalue weighted by Gasteiger charge is -2.36. The van der Waals surface area contributed by atoms with Crippen LogP contribution in [-0.2, 0) is 0 Å². The lowest BCUT2D eigenvalue weighted by molar-refractivity contribution is 0.183. The van der Waals surface area contributed by atoms with Crippen LogP contribution in [0.25, 0.3) is 11.1 Å². The largest absolute Gasteiger partial charge is 0.300 e. The van der Waals surface area contributed by atoms with Gasteiger partial charge in [-0.15, -0.1) is 11.8 Å². The van der Waals surface area contributed by atoms with Gasteiger partial charge in [0, 0.05) is 40.2 Å². The summed E-state index contributed by atoms with van der Waals surface area (Å²) in [7, 11) is 2.29. The van der Waals surface area contributed by atoms with Crippen LogP contribution in [-0.4, -0.2) is 34.3 Å². The summed E-state index contributed by atoms with van der Waals surface area (Å²) >= 11 is 8.53. The number of hydrogen-bond acceptors (Lipinski definition) is 3. The van der Waals surface area contributed by atoms with Crippen molar-refractivity contribution in [2.75, 3.05) is 7.05 Å². The van der Waals surface area contributed by atoms with Crippen LogP contribution in [0.1, 0.15) is 25.7 Å². The van der Waals surface area contributed by atoms with E-state index in [1.807, 2.05) is 24.0 Å². The summed E-state index contributed by atoms with van der Waals surface area (Å²) in [6, 6.07) is 12.0. The SMILES string of the molecule is CN1C2CCC1CC(Sc1ccc(-c3cccnc3)cc1Cl)C2. The van der Waals surface area contributed by atoms with Crippen LogP contribution in [0.15, 0.2) is 47.6 Å². The fraction of sp³-hybridized carbons (Fsp3) is 0.421. The zero-order valence-corrected chi connectivity index (χ0v) is 14.9. The van der Waals surface area contributed by atoms with Crippen LogP contribution in [0.5, 0.6) is 0 Å². The lowest BCUT2D eigenvalue weighted by Crippen LogP contribution is -2.40. The van der Waals surface area contributed by atoms with Crippen molar-refractivity contribution >= 4 is 23.4 Å². The number of thioether (sulfide) groups is 1. The highest BCUT2D eigenvalue weighted by molar-refractivity contribution is 8.00. The van der Waals surface area contributed by atoms with Gasteiger partial charge in [-0.3, -0.25) is 4.98 Å². The van der Waals surface area contributed by atoms with Gasteiger partial charge < -0.3 is 4.90 Å². The van der Waals surface area contributed by atoms with Gasteiger partial charge in [0.05, 0.1) is 5.02 Å². The van der Waals surface area contributed by atoms with Crippen LogP contribution in [0, 0.1) is 0 Å². The second kappa shape index (κ2) is 6.46. The van der Waals surface area contributed by atoms with E-state index < -0.39 is 0 Å². The molecule has 2 aliphatic rings. The van der Waals surface area contributed by atoms with Crippen molar-refractivity contribution in [3.05, 3.63) is 47.7 Å². The first-order valence-electron chi connectivity index (χ1n) is 8.29. The highest BCUT2D eigenvalue weighted by Crippen LogP contribution is 2.43. The molecule has 2 atom stereocenters. The molecule has 2 bridgehead atoms. The van der Waals surface area contributed by atoms with E-state index in [1.54, 1.807) is 6.20 Å². The third-order valence-electron chi connectivity index (χ3n) is 5.28. The maximum absolute atomic E-state index is 6.56. The number of pyridine rings is 1. The van der Waals surface area contributed by atoms with Crippen molar-refractivity contribution in [2.45, 2.75) is 47.9 Å². The molecule has 0 radical (unpaired) electrons. The average Bonchev–Trinajstić information content (AvgIpc) is 2.79. The van der Waals surface area contributed by atoms with Crippen molar-refractivity contribution < 1.29 is 0 Å². The molecule has 2 unspecified atom stereocenters. The molecule has 0 amide bonds. The summed E-state index contributed by atoms with van der Waals surface area (Å²) in [6.45, 7) is 0. The molecule has 3 heterocycles. The van der Waals surface area contributed by atoms with Gasteiger partial charge in [-0.25, -0.2) is 0 Å². The van der Waals surface area contributed by atoms with Gasteiger partial charge in [-0.1, -0.05) is 23.7 Å². The molecule has 4 heteroatoms. The zero-order valence-electron chi connectivity index (χ0n) is 13.3. The van der Waals surface area contributed by atoms with Crippen molar-refractivity contribution in [3.63, 3.8) is 0 Å². The Balaban J connectivity index is 1.50. The highest BCUT2D eigenvalue weighted by Gasteiger charge is 2.38. The number of piperidine rings is 1. The first-order valence-corrected chi connectivity index (χ1v) is 9.55. The van der Waals surface area contributed by atoms with Crippen LogP contribution in [0.4, 0.5) is 0 Å². The number of rotatable bonds is 3. The molecule has 2 aromatic rings. The molecule has 0 aliphatic carbocycles. The normalized spacial score (nSPS) is 27.3. The van der Waals surface area contributed by atoms with E-state index in [0.717, 1.165) is 28.2 Å². The zero-order chi connectivity index (χ0) is 15.8. The number of nitrogens with zero attached hydrogens (tertiary/aromatic N) is 2. The number of hydrogen-bond donors (Lipinski definition) is 0. The third kappa shape index (κ3) is 3.15. The summed E-state index contributed by atoms with van der Waals surface area (Å²) in [4.78, 5) is 7.99. The Morgan fingerprint density at radius 1 is 1.13 bits per heavy atom. The molecule has 2 aliphatic heterocycles. The average molecular weight is 345 g/mol. The summed E-state index contributed by atoms with van der Waals surface area (Å²) in [5.74, 6) is 0. The van der Waals surface area contributed by atoms with Crippen molar-refractivity contribution in [3.8, 4) is 11.1 Å². The number of benzene rings is 1. The number of aromatic nitrogens is 1. The molecule has 2 fully saturated rings. The molecule has 1 aromatic carbocycles. The Labute approximate surface area is 147 Å². The molecular weight excluding hydrogens is 324 g/mol. The maximum atomic E-state index is 6.56. The van der Waals surface area contributed by atoms with E-state index in [1.165, 1.54) is 30.6 Å². The highest BCUT2D eigenvalue weighted by atomic mass is 35.5. The molecular formula is C19H21ClN2S. The smallest absolute Gasteiger partial charge is 0.0548 e. The molecule has 23 heavy (non-hydrogen) atoms. The minimum atomic E-state index is 0.699. The Hall–Kier alpha value is -1.03. The minimum absolute atomic E-state index is 0.699. The number of fused-ring (bicyclic) bond motifs is 2. The Morgan fingerprint density at radius 3 is 2.57 bits per heavy atom. The van der Waals surface area contributed by atoms with Crippen LogP contribution in [0.2, 0.25) is 5.02 Å². The fourth-order valence-electron chi connectivity index (χ4n) is 3.95. The van der Waals surface area contributed by atoms with Crippen molar-refractivity contribution in [1.82, 2.24) is 9.88 Å². The van der Waals surface area contributed by atoms with E-state index in [-0.39, 0.29) is 0 Å². The second-order valence-corrected chi connectivity index (χ2v) is 8.40. The Kier molecular flexibility index (Phi) is 4.35. The van der Waals surface area contributed by atoms with E-state index >= 15 is 0 Å². The summed E-state index contributed by atoms with van der Waals surface area (Å²) in [5.41, 5.74) is 2.25. The van der Waals surface area contributed by atoms with E-state index in [2.05, 4.69) is 41.2 Å². The van der Waals surface area contributed by atoms with Gasteiger partial charge in [0.2, 0.25) is 0 Å². The molecule has 0 saturated carbocycles. The van der Waals surface area contributed by atoms with Gasteiger partial charge in [-0.05, 0) is 56.5 Å². The summed E-state index contributed by atoms with van der Waals surface area (Å²) in [6.07, 6.45) is 8.99. The standard InChI is InChI=1S/C19H21ClN2S/c1-22-15-5-6-16(22)11-17(10-15)23-19-7-4-13(9-18(19)20)14-3-2-8-21-12-14/h2-4,7-9,12,15-17H,5-6,10-11H2,1H3. The molecule has 120 valence electrons. The molecule has 2 nitrogen and oxygen atoms in total. The molecule has 4 rings (SSSR count). The quantitative estimate of drug-likeness (QED) is 0.768. The van der Waals surface area contributed by atoms with Crippen LogP contribution < -0.4 is 0 Å². The maximum Gasteiger partial charge on any atom is 0.0548 e. The van der Waals surface area contributed by atoms with Gasteiger partial charge >= 0.3 is 0 Å². The molecule has 0 N–H and O–H groups in total. The van der Waals surface area contributed by atoms with Crippen LogP contribution in [0.3, 0.4) is 0 Å². The first kappa shape index (κ1) is 15.5. The van der Waals surface area contributed by atoms with Crippen molar-refractivity contribution in [2.24, 2.45) is 0 Å². The summed E-state index contributed by atoms with van der Waals surface area (Å²) < 4.78 is 0. The predicted molar refractivity (Wildman–Crippen MR) is 98.1 cm³/mol.